The molecule has 0 N–H and O–H groups in total. The van der Waals surface area contributed by atoms with Crippen LogP contribution in [0.1, 0.15) is 0 Å². The van der Waals surface area contributed by atoms with Gasteiger partial charge in [-0.3, -0.25) is 10.1 Å². The molecule has 0 aromatic heterocycles. The number of nitrogens with zero attached hydrogens (tertiary/aromatic N) is 1. The van der Waals surface area contributed by atoms with Crippen LogP contribution in [0.25, 0.3) is 0 Å². The predicted octanol–water partition coefficient (Wildman–Crippen LogP) is -6.18. The van der Waals surface area contributed by atoms with Gasteiger partial charge in [-0.05, 0) is 6.07 Å². The molecule has 0 aliphatic carbocycles. The van der Waals surface area contributed by atoms with E-state index in [1.54, 1.807) is 0 Å². The first-order valence-electron chi connectivity index (χ1n) is 3.87. The number of hydrogen-bond donors (Lipinski definition) is 0. The van der Waals surface area contributed by atoms with Crippen LogP contribution < -0.4 is 122 Å². The van der Waals surface area contributed by atoms with Crippen molar-refractivity contribution in [1.29, 1.82) is 0 Å². The quantitative estimate of drug-likeness (QED) is 0.233. The van der Waals surface area contributed by atoms with Crippen molar-refractivity contribution in [3.05, 3.63) is 28.3 Å². The fraction of sp³-hybridized carbons (Fsp3) is 0.143. The second-order valence-electron chi connectivity index (χ2n) is 2.63. The van der Waals surface area contributed by atoms with Gasteiger partial charge in [0, 0.05) is 6.07 Å². The Morgan fingerprint density at radius 2 is 1.78 bits per heavy atom. The SMILES string of the molecule is COc1cc([N+](=O)[O-])ccc1OP(=O)([O-])[O-].[K+].[K+]. The van der Waals surface area contributed by atoms with E-state index < -0.39 is 12.7 Å². The summed E-state index contributed by atoms with van der Waals surface area (Å²) < 4.78 is 19.1. The number of nitro benzene ring substituents is 1. The minimum atomic E-state index is -5.22. The summed E-state index contributed by atoms with van der Waals surface area (Å²) in [6.07, 6.45) is 0. The number of rotatable bonds is 4. The molecule has 0 aliphatic rings. The van der Waals surface area contributed by atoms with Crippen LogP contribution in [0.5, 0.6) is 11.5 Å². The van der Waals surface area contributed by atoms with E-state index in [2.05, 4.69) is 9.26 Å². The van der Waals surface area contributed by atoms with E-state index in [-0.39, 0.29) is 120 Å². The van der Waals surface area contributed by atoms with Gasteiger partial charge in [0.15, 0.2) is 11.5 Å². The first kappa shape index (κ1) is 21.9. The first-order valence-corrected chi connectivity index (χ1v) is 5.33. The van der Waals surface area contributed by atoms with Crippen molar-refractivity contribution in [3.8, 4) is 11.5 Å². The number of non-ortho nitro benzene ring substituents is 1. The van der Waals surface area contributed by atoms with Gasteiger partial charge in [-0.2, -0.15) is 0 Å². The molecule has 0 spiro atoms. The number of nitro groups is 1. The van der Waals surface area contributed by atoms with Gasteiger partial charge in [0.1, 0.15) is 7.82 Å². The number of phosphoric acid groups is 1. The minimum Gasteiger partial charge on any atom is -0.780 e. The van der Waals surface area contributed by atoms with Gasteiger partial charge in [0.25, 0.3) is 5.69 Å². The molecule has 0 saturated heterocycles. The third-order valence-corrected chi connectivity index (χ3v) is 1.99. The molecule has 0 unspecified atom stereocenters. The van der Waals surface area contributed by atoms with Crippen LogP contribution in [0.4, 0.5) is 5.69 Å². The molecule has 0 bridgehead atoms. The molecule has 1 rings (SSSR count). The van der Waals surface area contributed by atoms with Crippen molar-refractivity contribution in [2.45, 2.75) is 0 Å². The Hall–Kier alpha value is 1.64. The van der Waals surface area contributed by atoms with Crippen molar-refractivity contribution >= 4 is 13.5 Å². The van der Waals surface area contributed by atoms with Gasteiger partial charge < -0.3 is 23.6 Å². The van der Waals surface area contributed by atoms with Gasteiger partial charge in [-0.1, -0.05) is 0 Å². The van der Waals surface area contributed by atoms with Gasteiger partial charge in [0.05, 0.1) is 18.1 Å². The molecular formula is C7H6K2NO7P. The maximum atomic E-state index is 10.4. The van der Waals surface area contributed by atoms with E-state index in [9.17, 15) is 24.5 Å². The van der Waals surface area contributed by atoms with Crippen molar-refractivity contribution < 1.29 is 131 Å². The summed E-state index contributed by atoms with van der Waals surface area (Å²) in [4.78, 5) is 30.4. The number of ether oxygens (including phenoxy) is 1. The normalized spacial score (nSPS) is 9.72. The molecule has 0 atom stereocenters. The Labute approximate surface area is 188 Å². The van der Waals surface area contributed by atoms with E-state index in [0.29, 0.717) is 0 Å². The van der Waals surface area contributed by atoms with Crippen LogP contribution in [0.15, 0.2) is 18.2 Å². The average molecular weight is 325 g/mol. The van der Waals surface area contributed by atoms with Crippen LogP contribution in [0.2, 0.25) is 0 Å². The number of phosphoric ester groups is 1. The second-order valence-corrected chi connectivity index (χ2v) is 3.71. The van der Waals surface area contributed by atoms with E-state index in [1.807, 2.05) is 0 Å². The molecule has 0 heterocycles. The van der Waals surface area contributed by atoms with Crippen LogP contribution in [-0.2, 0) is 4.57 Å². The van der Waals surface area contributed by atoms with Gasteiger partial charge in [-0.15, -0.1) is 0 Å². The van der Waals surface area contributed by atoms with Crippen LogP contribution in [0.3, 0.4) is 0 Å². The van der Waals surface area contributed by atoms with Gasteiger partial charge >= 0.3 is 103 Å². The minimum absolute atomic E-state index is 0. The summed E-state index contributed by atoms with van der Waals surface area (Å²) in [5.41, 5.74) is -0.309. The Morgan fingerprint density at radius 3 is 2.17 bits per heavy atom. The molecule has 0 fully saturated rings. The van der Waals surface area contributed by atoms with E-state index in [0.717, 1.165) is 25.3 Å². The molecule has 0 saturated carbocycles. The smallest absolute Gasteiger partial charge is 0.780 e. The van der Waals surface area contributed by atoms with Crippen LogP contribution in [0, 0.1) is 10.1 Å². The number of benzene rings is 1. The third kappa shape index (κ3) is 7.43. The van der Waals surface area contributed by atoms with E-state index >= 15 is 0 Å². The van der Waals surface area contributed by atoms with Crippen molar-refractivity contribution in [2.75, 3.05) is 7.11 Å². The van der Waals surface area contributed by atoms with Crippen LogP contribution in [-0.4, -0.2) is 12.0 Å². The zero-order chi connectivity index (χ0) is 12.3. The molecular weight excluding hydrogens is 319 g/mol. The van der Waals surface area contributed by atoms with Crippen molar-refractivity contribution in [3.63, 3.8) is 0 Å². The summed E-state index contributed by atoms with van der Waals surface area (Å²) in [6.45, 7) is 0. The molecule has 0 amide bonds. The summed E-state index contributed by atoms with van der Waals surface area (Å²) in [5, 5.41) is 10.4. The van der Waals surface area contributed by atoms with Crippen molar-refractivity contribution in [2.24, 2.45) is 0 Å². The zero-order valence-corrected chi connectivity index (χ0v) is 17.1. The predicted molar refractivity (Wildman–Crippen MR) is 47.9 cm³/mol. The topological polar surface area (TPSA) is 125 Å². The molecule has 8 nitrogen and oxygen atoms in total. The number of hydrogen-bond acceptors (Lipinski definition) is 7. The molecule has 0 aliphatic heterocycles. The summed E-state index contributed by atoms with van der Waals surface area (Å²) in [7, 11) is -4.06. The fourth-order valence-corrected chi connectivity index (χ4v) is 1.36. The zero-order valence-electron chi connectivity index (χ0n) is 9.98. The molecule has 11 heteroatoms. The molecule has 1 aromatic rings. The largest absolute Gasteiger partial charge is 1.00 e. The summed E-state index contributed by atoms with van der Waals surface area (Å²) in [5.74, 6) is -0.595. The first-order chi connectivity index (χ1) is 7.33. The number of methoxy groups -OCH3 is 1. The third-order valence-electron chi connectivity index (χ3n) is 1.57. The maximum Gasteiger partial charge on any atom is 1.00 e. The maximum absolute atomic E-state index is 10.4. The Bertz CT molecular complexity index is 463. The monoisotopic (exact) mass is 325 g/mol. The molecule has 0 radical (unpaired) electrons. The Morgan fingerprint density at radius 1 is 1.22 bits per heavy atom. The fourth-order valence-electron chi connectivity index (χ4n) is 0.966. The standard InChI is InChI=1S/C7H8NO7P.2K/c1-14-7-4-5(8(9)10)2-3-6(7)15-16(11,12)13;;/h2-4H,1H3,(H2,11,12,13);;/q;2*+1/p-2. The van der Waals surface area contributed by atoms with Gasteiger partial charge in [-0.25, -0.2) is 0 Å². The average Bonchev–Trinajstić information content (AvgIpc) is 2.15. The summed E-state index contributed by atoms with van der Waals surface area (Å²) >= 11 is 0. The molecule has 88 valence electrons. The molecule has 1 aromatic carbocycles. The Kier molecular flexibility index (Phi) is 11.6. The van der Waals surface area contributed by atoms with Crippen molar-refractivity contribution in [1.82, 2.24) is 0 Å². The van der Waals surface area contributed by atoms with Gasteiger partial charge in [0.2, 0.25) is 0 Å². The second kappa shape index (κ2) is 9.56. The molecule has 18 heavy (non-hydrogen) atoms. The van der Waals surface area contributed by atoms with Crippen LogP contribution >= 0.6 is 7.82 Å². The van der Waals surface area contributed by atoms with E-state index in [4.69, 9.17) is 0 Å². The summed E-state index contributed by atoms with van der Waals surface area (Å²) in [6, 6.07) is 2.91. The Balaban J connectivity index is 0. The van der Waals surface area contributed by atoms with E-state index in [1.165, 1.54) is 0 Å².